The fourth-order valence-corrected chi connectivity index (χ4v) is 4.60. The van der Waals surface area contributed by atoms with Gasteiger partial charge in [0.25, 0.3) is 0 Å². The molecule has 1 aromatic rings. The van der Waals surface area contributed by atoms with Gasteiger partial charge in [0.1, 0.15) is 0 Å². The van der Waals surface area contributed by atoms with Crippen LogP contribution in [-0.4, -0.2) is 34.5 Å². The Bertz CT molecular complexity index is 491. The molecule has 0 aromatic heterocycles. The van der Waals surface area contributed by atoms with Gasteiger partial charge in [0.15, 0.2) is 0 Å². The van der Waals surface area contributed by atoms with Gasteiger partial charge >= 0.3 is 134 Å². The number of hydrogen-bond acceptors (Lipinski definition) is 3. The molecule has 0 aliphatic rings. The van der Waals surface area contributed by atoms with E-state index in [2.05, 4.69) is 34.5 Å². The maximum absolute atomic E-state index is 10.3. The van der Waals surface area contributed by atoms with Crippen LogP contribution in [0.2, 0.25) is 5.32 Å². The minimum atomic E-state index is -4.25. The summed E-state index contributed by atoms with van der Waals surface area (Å²) in [6.45, 7) is 0.0853. The van der Waals surface area contributed by atoms with Crippen LogP contribution in [0.3, 0.4) is 0 Å². The molecule has 1 rings (SSSR count). The van der Waals surface area contributed by atoms with Gasteiger partial charge in [0, 0.05) is 0 Å². The zero-order valence-corrected chi connectivity index (χ0v) is 16.2. The SMILES string of the molecule is O=S(=O)(O)OCCCCCCCCCCC[Se]c1ccccc1. The van der Waals surface area contributed by atoms with Crippen LogP contribution in [0.15, 0.2) is 30.3 Å². The van der Waals surface area contributed by atoms with E-state index in [4.69, 9.17) is 4.55 Å². The molecular weight excluding hydrogens is 379 g/mol. The van der Waals surface area contributed by atoms with Crippen molar-refractivity contribution in [2.75, 3.05) is 6.61 Å². The molecule has 1 N–H and O–H groups in total. The second kappa shape index (κ2) is 13.0. The summed E-state index contributed by atoms with van der Waals surface area (Å²) < 4.78 is 34.8. The van der Waals surface area contributed by atoms with Gasteiger partial charge in [-0.1, -0.05) is 0 Å². The van der Waals surface area contributed by atoms with E-state index in [0.29, 0.717) is 21.4 Å². The van der Waals surface area contributed by atoms with E-state index < -0.39 is 10.4 Å². The first-order valence-corrected chi connectivity index (χ1v) is 11.8. The normalized spacial score (nSPS) is 11.7. The van der Waals surface area contributed by atoms with Gasteiger partial charge in [-0.15, -0.1) is 0 Å². The molecule has 6 heteroatoms. The molecule has 0 saturated heterocycles. The van der Waals surface area contributed by atoms with Gasteiger partial charge in [0.05, 0.1) is 0 Å². The Balaban J connectivity index is 1.78. The molecule has 0 aliphatic heterocycles. The molecule has 0 amide bonds. The molecule has 0 radical (unpaired) electrons. The molecular formula is C17H28O4SSe. The molecule has 23 heavy (non-hydrogen) atoms. The van der Waals surface area contributed by atoms with Crippen molar-refractivity contribution in [1.29, 1.82) is 0 Å². The van der Waals surface area contributed by atoms with Crippen molar-refractivity contribution >= 4 is 29.8 Å². The molecule has 132 valence electrons. The number of hydrogen-bond donors (Lipinski definition) is 1. The van der Waals surface area contributed by atoms with Crippen LogP contribution in [0, 0.1) is 0 Å². The van der Waals surface area contributed by atoms with Crippen LogP contribution >= 0.6 is 0 Å². The zero-order valence-electron chi connectivity index (χ0n) is 13.7. The Hall–Kier alpha value is -0.391. The van der Waals surface area contributed by atoms with Gasteiger partial charge in [-0.05, 0) is 0 Å². The summed E-state index contributed by atoms with van der Waals surface area (Å²) in [7, 11) is -4.25. The van der Waals surface area contributed by atoms with Gasteiger partial charge < -0.3 is 0 Å². The molecule has 4 nitrogen and oxygen atoms in total. The Morgan fingerprint density at radius 1 is 0.826 bits per heavy atom. The number of rotatable bonds is 14. The van der Waals surface area contributed by atoms with Crippen LogP contribution in [0.5, 0.6) is 0 Å². The third kappa shape index (κ3) is 13.7. The van der Waals surface area contributed by atoms with E-state index in [1.807, 2.05) is 0 Å². The standard InChI is InChI=1S/C17H28O4SSe/c18-22(19,20)21-15-11-6-4-2-1-3-5-7-12-16-23-17-13-9-8-10-14-17/h8-10,13-14H,1-7,11-12,15-16H2,(H,18,19,20). The van der Waals surface area contributed by atoms with E-state index in [0.717, 1.165) is 12.8 Å². The summed E-state index contributed by atoms with van der Waals surface area (Å²) in [5.74, 6) is 0. The van der Waals surface area contributed by atoms with E-state index >= 15 is 0 Å². The Labute approximate surface area is 147 Å². The summed E-state index contributed by atoms with van der Waals surface area (Å²) in [5.41, 5.74) is 0. The molecule has 0 spiro atoms. The third-order valence-electron chi connectivity index (χ3n) is 3.53. The van der Waals surface area contributed by atoms with Crippen molar-refractivity contribution < 1.29 is 17.2 Å². The van der Waals surface area contributed by atoms with Crippen LogP contribution < -0.4 is 4.46 Å². The fraction of sp³-hybridized carbons (Fsp3) is 0.647. The number of unbranched alkanes of at least 4 members (excludes halogenated alkanes) is 8. The summed E-state index contributed by atoms with van der Waals surface area (Å²) >= 11 is 0.630. The molecule has 0 bridgehead atoms. The predicted octanol–water partition coefficient (Wildman–Crippen LogP) is 3.76. The minimum absolute atomic E-state index is 0.0853. The first-order valence-electron chi connectivity index (χ1n) is 8.37. The monoisotopic (exact) mass is 408 g/mol. The summed E-state index contributed by atoms with van der Waals surface area (Å²) in [6.07, 6.45) is 10.5. The maximum atomic E-state index is 10.3. The summed E-state index contributed by atoms with van der Waals surface area (Å²) in [4.78, 5) is 0. The fourth-order valence-electron chi connectivity index (χ4n) is 2.31. The van der Waals surface area contributed by atoms with E-state index in [-0.39, 0.29) is 6.61 Å². The Kier molecular flexibility index (Phi) is 11.6. The molecule has 0 aliphatic carbocycles. The zero-order chi connectivity index (χ0) is 16.8. The molecule has 0 fully saturated rings. The van der Waals surface area contributed by atoms with Crippen LogP contribution in [-0.2, 0) is 14.6 Å². The topological polar surface area (TPSA) is 63.6 Å². The summed E-state index contributed by atoms with van der Waals surface area (Å²) in [6, 6.07) is 10.8. The van der Waals surface area contributed by atoms with Gasteiger partial charge in [-0.2, -0.15) is 8.42 Å². The van der Waals surface area contributed by atoms with Crippen molar-refractivity contribution in [2.24, 2.45) is 0 Å². The van der Waals surface area contributed by atoms with Gasteiger partial charge in [-0.3, -0.25) is 4.55 Å². The van der Waals surface area contributed by atoms with Crippen LogP contribution in [0.25, 0.3) is 0 Å². The van der Waals surface area contributed by atoms with Gasteiger partial charge in [-0.25, -0.2) is 0 Å². The first kappa shape index (κ1) is 20.7. The second-order valence-electron chi connectivity index (χ2n) is 5.59. The van der Waals surface area contributed by atoms with Crippen molar-refractivity contribution in [1.82, 2.24) is 0 Å². The van der Waals surface area contributed by atoms with E-state index in [1.54, 1.807) is 0 Å². The van der Waals surface area contributed by atoms with Crippen molar-refractivity contribution in [3.8, 4) is 0 Å². The van der Waals surface area contributed by atoms with E-state index in [9.17, 15) is 8.42 Å². The van der Waals surface area contributed by atoms with Gasteiger partial charge in [0.2, 0.25) is 0 Å². The second-order valence-corrected chi connectivity index (χ2v) is 9.14. The van der Waals surface area contributed by atoms with Crippen LogP contribution in [0.1, 0.15) is 57.8 Å². The number of benzene rings is 1. The van der Waals surface area contributed by atoms with E-state index in [1.165, 1.54) is 48.3 Å². The van der Waals surface area contributed by atoms with Crippen molar-refractivity contribution in [3.63, 3.8) is 0 Å². The Morgan fingerprint density at radius 3 is 1.91 bits per heavy atom. The Morgan fingerprint density at radius 2 is 1.35 bits per heavy atom. The predicted molar refractivity (Wildman–Crippen MR) is 95.7 cm³/mol. The van der Waals surface area contributed by atoms with Crippen LogP contribution in [0.4, 0.5) is 0 Å². The average Bonchev–Trinajstić information content (AvgIpc) is 2.52. The molecule has 1 aromatic carbocycles. The quantitative estimate of drug-likeness (QED) is 0.290. The third-order valence-corrected chi connectivity index (χ3v) is 6.30. The molecule has 0 saturated carbocycles. The summed E-state index contributed by atoms with van der Waals surface area (Å²) in [5, 5.41) is 1.34. The molecule has 0 heterocycles. The molecule has 0 atom stereocenters. The average molecular weight is 407 g/mol. The van der Waals surface area contributed by atoms with Crippen molar-refractivity contribution in [2.45, 2.75) is 63.1 Å². The molecule has 0 unspecified atom stereocenters. The first-order chi connectivity index (χ1) is 11.1. The van der Waals surface area contributed by atoms with Crippen molar-refractivity contribution in [3.05, 3.63) is 30.3 Å².